The summed E-state index contributed by atoms with van der Waals surface area (Å²) in [5.41, 5.74) is 0.837. The van der Waals surface area contributed by atoms with Gasteiger partial charge in [-0.2, -0.15) is 12.7 Å². The molecular formula is C11H20N4O3S. The maximum Gasteiger partial charge on any atom is 0.302 e. The molecule has 7 nitrogen and oxygen atoms in total. The molecule has 19 heavy (non-hydrogen) atoms. The van der Waals surface area contributed by atoms with Crippen LogP contribution >= 0.6 is 0 Å². The molecule has 0 saturated carbocycles. The number of hydrogen-bond donors (Lipinski definition) is 2. The number of rotatable bonds is 8. The van der Waals surface area contributed by atoms with Crippen LogP contribution in [0.15, 0.2) is 18.3 Å². The number of methoxy groups -OCH3 is 1. The molecule has 0 bridgehead atoms. The quantitative estimate of drug-likeness (QED) is 0.690. The van der Waals surface area contributed by atoms with Gasteiger partial charge < -0.3 is 10.1 Å². The number of aromatic nitrogens is 1. The molecule has 1 aromatic rings. The summed E-state index contributed by atoms with van der Waals surface area (Å²) >= 11 is 0. The maximum absolute atomic E-state index is 11.6. The van der Waals surface area contributed by atoms with Gasteiger partial charge in [0.05, 0.1) is 11.9 Å². The topological polar surface area (TPSA) is 83.6 Å². The van der Waals surface area contributed by atoms with Crippen LogP contribution in [0.3, 0.4) is 0 Å². The molecule has 1 rings (SSSR count). The van der Waals surface area contributed by atoms with Gasteiger partial charge >= 0.3 is 10.2 Å². The van der Waals surface area contributed by atoms with Crippen LogP contribution in [0.4, 0.5) is 11.5 Å². The molecule has 0 radical (unpaired) electrons. The Morgan fingerprint density at radius 1 is 1.37 bits per heavy atom. The van der Waals surface area contributed by atoms with E-state index >= 15 is 0 Å². The Balaban J connectivity index is 2.52. The molecule has 108 valence electrons. The Hall–Kier alpha value is -1.38. The average molecular weight is 288 g/mol. The summed E-state index contributed by atoms with van der Waals surface area (Å²) in [5, 5.41) is 3.16. The molecular weight excluding hydrogens is 268 g/mol. The smallest absolute Gasteiger partial charge is 0.302 e. The zero-order chi connectivity index (χ0) is 14.3. The lowest BCUT2D eigenvalue weighted by atomic mass is 10.4. The lowest BCUT2D eigenvalue weighted by Gasteiger charge is -2.13. The van der Waals surface area contributed by atoms with Gasteiger partial charge in [0.2, 0.25) is 0 Å². The fourth-order valence-corrected chi connectivity index (χ4v) is 1.80. The van der Waals surface area contributed by atoms with Crippen molar-refractivity contribution in [1.29, 1.82) is 0 Å². The summed E-state index contributed by atoms with van der Waals surface area (Å²) in [7, 11) is 1.06. The van der Waals surface area contributed by atoms with Crippen molar-refractivity contribution in [3.05, 3.63) is 18.3 Å². The van der Waals surface area contributed by atoms with E-state index < -0.39 is 10.2 Å². The van der Waals surface area contributed by atoms with Gasteiger partial charge in [0, 0.05) is 34.4 Å². The van der Waals surface area contributed by atoms with Gasteiger partial charge in [-0.1, -0.05) is 0 Å². The first-order valence-electron chi connectivity index (χ1n) is 5.85. The van der Waals surface area contributed by atoms with Gasteiger partial charge in [-0.25, -0.2) is 4.98 Å². The largest absolute Gasteiger partial charge is 0.385 e. The minimum Gasteiger partial charge on any atom is -0.385 e. The number of pyridine rings is 1. The fourth-order valence-electron chi connectivity index (χ4n) is 1.23. The molecule has 0 atom stereocenters. The molecule has 0 aliphatic carbocycles. The summed E-state index contributed by atoms with van der Waals surface area (Å²) < 4.78 is 31.5. The number of nitrogens with zero attached hydrogens (tertiary/aromatic N) is 2. The average Bonchev–Trinajstić information content (AvgIpc) is 2.36. The molecule has 2 N–H and O–H groups in total. The van der Waals surface area contributed by atoms with Crippen LogP contribution in [0, 0.1) is 0 Å². The number of hydrogen-bond acceptors (Lipinski definition) is 5. The van der Waals surface area contributed by atoms with Gasteiger partial charge in [0.15, 0.2) is 0 Å². The number of anilines is 2. The molecule has 0 unspecified atom stereocenters. The Morgan fingerprint density at radius 3 is 2.63 bits per heavy atom. The van der Waals surface area contributed by atoms with E-state index in [1.54, 1.807) is 25.4 Å². The zero-order valence-electron chi connectivity index (χ0n) is 11.4. The van der Waals surface area contributed by atoms with Crippen LogP contribution in [0.5, 0.6) is 0 Å². The minimum atomic E-state index is -3.50. The summed E-state index contributed by atoms with van der Waals surface area (Å²) in [6.07, 6.45) is 2.48. The fraction of sp³-hybridized carbons (Fsp3) is 0.545. The van der Waals surface area contributed by atoms with Crippen molar-refractivity contribution in [2.24, 2.45) is 0 Å². The van der Waals surface area contributed by atoms with E-state index in [9.17, 15) is 8.42 Å². The zero-order valence-corrected chi connectivity index (χ0v) is 12.2. The Labute approximate surface area is 114 Å². The molecule has 0 saturated heterocycles. The molecule has 0 fully saturated rings. The normalized spacial score (nSPS) is 11.6. The van der Waals surface area contributed by atoms with Gasteiger partial charge in [0.25, 0.3) is 0 Å². The highest BCUT2D eigenvalue weighted by molar-refractivity contribution is 7.90. The van der Waals surface area contributed by atoms with E-state index in [1.165, 1.54) is 14.1 Å². The first-order chi connectivity index (χ1) is 8.95. The van der Waals surface area contributed by atoms with Crippen LogP contribution in [0.1, 0.15) is 6.42 Å². The summed E-state index contributed by atoms with van der Waals surface area (Å²) in [6, 6.07) is 3.38. The van der Waals surface area contributed by atoms with Crippen molar-refractivity contribution in [2.75, 3.05) is 44.4 Å². The SMILES string of the molecule is COCCCNc1ccc(NS(=O)(=O)N(C)C)nc1. The van der Waals surface area contributed by atoms with Crippen molar-refractivity contribution in [3.63, 3.8) is 0 Å². The van der Waals surface area contributed by atoms with Gasteiger partial charge in [-0.05, 0) is 18.6 Å². The van der Waals surface area contributed by atoms with Crippen molar-refractivity contribution in [3.8, 4) is 0 Å². The van der Waals surface area contributed by atoms with Gasteiger partial charge in [-0.15, -0.1) is 0 Å². The van der Waals surface area contributed by atoms with Crippen LogP contribution in [-0.4, -0.2) is 52.1 Å². The standard InChI is InChI=1S/C11H20N4O3S/c1-15(2)19(16,17)14-11-6-5-10(9-13-11)12-7-4-8-18-3/h5-6,9,12H,4,7-8H2,1-3H3,(H,13,14). The summed E-state index contributed by atoms with van der Waals surface area (Å²) in [5.74, 6) is 0.288. The molecule has 1 aromatic heterocycles. The third kappa shape index (κ3) is 5.41. The highest BCUT2D eigenvalue weighted by Gasteiger charge is 2.13. The van der Waals surface area contributed by atoms with Crippen LogP contribution in [-0.2, 0) is 14.9 Å². The van der Waals surface area contributed by atoms with Crippen molar-refractivity contribution in [2.45, 2.75) is 6.42 Å². The van der Waals surface area contributed by atoms with Gasteiger partial charge in [0.1, 0.15) is 5.82 Å². The molecule has 8 heteroatoms. The summed E-state index contributed by atoms with van der Waals surface area (Å²) in [4.78, 5) is 4.03. The second-order valence-electron chi connectivity index (χ2n) is 4.09. The van der Waals surface area contributed by atoms with Crippen LogP contribution in [0.25, 0.3) is 0 Å². The monoisotopic (exact) mass is 288 g/mol. The molecule has 0 aliphatic rings. The van der Waals surface area contributed by atoms with Gasteiger partial charge in [-0.3, -0.25) is 4.72 Å². The highest BCUT2D eigenvalue weighted by atomic mass is 32.2. The molecule has 1 heterocycles. The van der Waals surface area contributed by atoms with Crippen molar-refractivity contribution in [1.82, 2.24) is 9.29 Å². The third-order valence-corrected chi connectivity index (χ3v) is 3.76. The minimum absolute atomic E-state index is 0.288. The van der Waals surface area contributed by atoms with E-state index in [4.69, 9.17) is 4.74 Å². The predicted molar refractivity (Wildman–Crippen MR) is 75.4 cm³/mol. The predicted octanol–water partition coefficient (Wildman–Crippen LogP) is 0.748. The Bertz CT molecular complexity index is 473. The first-order valence-corrected chi connectivity index (χ1v) is 7.29. The van der Waals surface area contributed by atoms with Crippen molar-refractivity contribution >= 4 is 21.7 Å². The van der Waals surface area contributed by atoms with E-state index in [0.29, 0.717) is 6.61 Å². The maximum atomic E-state index is 11.6. The van der Waals surface area contributed by atoms with Crippen LogP contribution < -0.4 is 10.0 Å². The second kappa shape index (κ2) is 7.27. The molecule has 0 aliphatic heterocycles. The first kappa shape index (κ1) is 15.7. The Morgan fingerprint density at radius 2 is 2.11 bits per heavy atom. The number of ether oxygens (including phenoxy) is 1. The molecule has 0 amide bonds. The van der Waals surface area contributed by atoms with E-state index in [1.807, 2.05) is 0 Å². The second-order valence-corrected chi connectivity index (χ2v) is 5.98. The van der Waals surface area contributed by atoms with E-state index in [2.05, 4.69) is 15.0 Å². The molecule has 0 spiro atoms. The number of nitrogens with one attached hydrogen (secondary N) is 2. The Kier molecular flexibility index (Phi) is 6.00. The summed E-state index contributed by atoms with van der Waals surface area (Å²) in [6.45, 7) is 1.47. The van der Waals surface area contributed by atoms with Crippen molar-refractivity contribution < 1.29 is 13.2 Å². The van der Waals surface area contributed by atoms with E-state index in [0.717, 1.165) is 23.0 Å². The lowest BCUT2D eigenvalue weighted by molar-refractivity contribution is 0.198. The van der Waals surface area contributed by atoms with Crippen LogP contribution in [0.2, 0.25) is 0 Å². The highest BCUT2D eigenvalue weighted by Crippen LogP contribution is 2.11. The van der Waals surface area contributed by atoms with E-state index in [-0.39, 0.29) is 5.82 Å². The molecule has 0 aromatic carbocycles. The third-order valence-electron chi connectivity index (χ3n) is 2.33. The lowest BCUT2D eigenvalue weighted by Crippen LogP contribution is -2.29.